The van der Waals surface area contributed by atoms with Crippen molar-refractivity contribution in [1.29, 1.82) is 0 Å². The van der Waals surface area contributed by atoms with Gasteiger partial charge in [-0.3, -0.25) is 0 Å². The van der Waals surface area contributed by atoms with Crippen molar-refractivity contribution >= 4 is 41.1 Å². The van der Waals surface area contributed by atoms with Crippen LogP contribution in [0.4, 0.5) is 0 Å². The average Bonchev–Trinajstić information content (AvgIpc) is 2.20. The summed E-state index contributed by atoms with van der Waals surface area (Å²) in [5.41, 5.74) is 0. The number of alkyl halides is 1. The van der Waals surface area contributed by atoms with Gasteiger partial charge in [-0.05, 0) is 6.42 Å². The molecule has 0 aliphatic carbocycles. The molecule has 0 aromatic carbocycles. The minimum atomic E-state index is -1.39. The highest BCUT2D eigenvalue weighted by atomic mass is 127. The van der Waals surface area contributed by atoms with Gasteiger partial charge in [0.25, 0.3) is 0 Å². The van der Waals surface area contributed by atoms with Crippen LogP contribution in [0.2, 0.25) is 13.1 Å². The molecular formula is C13H28ClISi. The highest BCUT2D eigenvalue weighted by Gasteiger charge is 2.26. The van der Waals surface area contributed by atoms with E-state index in [1.165, 1.54) is 57.8 Å². The molecule has 0 amide bonds. The molecule has 0 fully saturated rings. The zero-order valence-electron chi connectivity index (χ0n) is 11.2. The molecular weight excluding hydrogens is 347 g/mol. The van der Waals surface area contributed by atoms with Gasteiger partial charge in [-0.25, -0.2) is 0 Å². The summed E-state index contributed by atoms with van der Waals surface area (Å²) in [7, 11) is -1.39. The molecule has 0 aromatic heterocycles. The third-order valence-electron chi connectivity index (χ3n) is 3.06. The van der Waals surface area contributed by atoms with Crippen LogP contribution in [0.25, 0.3) is 0 Å². The second kappa shape index (κ2) is 10.2. The predicted octanol–water partition coefficient (Wildman–Crippen LogP) is 6.30. The molecule has 0 aromatic rings. The Morgan fingerprint density at radius 1 is 0.938 bits per heavy atom. The fourth-order valence-corrected chi connectivity index (χ4v) is 3.46. The van der Waals surface area contributed by atoms with Crippen molar-refractivity contribution in [3.8, 4) is 0 Å². The van der Waals surface area contributed by atoms with Crippen LogP contribution in [0.15, 0.2) is 0 Å². The lowest BCUT2D eigenvalue weighted by molar-refractivity contribution is 0.571. The van der Waals surface area contributed by atoms with Gasteiger partial charge in [-0.1, -0.05) is 94.0 Å². The van der Waals surface area contributed by atoms with E-state index >= 15 is 0 Å². The molecule has 0 heterocycles. The van der Waals surface area contributed by atoms with E-state index < -0.39 is 7.38 Å². The van der Waals surface area contributed by atoms with Crippen LogP contribution in [0.3, 0.4) is 0 Å². The maximum atomic E-state index is 6.41. The van der Waals surface area contributed by atoms with Crippen LogP contribution >= 0.6 is 33.7 Å². The largest absolute Gasteiger partial charge is 0.166 e. The first-order valence-corrected chi connectivity index (χ1v) is 12.1. The Labute approximate surface area is 122 Å². The van der Waals surface area contributed by atoms with Crippen LogP contribution in [-0.4, -0.2) is 10.9 Å². The Morgan fingerprint density at radius 2 is 1.38 bits per heavy atom. The maximum absolute atomic E-state index is 6.41. The Bertz CT molecular complexity index is 157. The van der Waals surface area contributed by atoms with Crippen LogP contribution in [0.1, 0.15) is 64.7 Å². The fourth-order valence-electron chi connectivity index (χ4n) is 1.80. The minimum absolute atomic E-state index is 0.742. The van der Waals surface area contributed by atoms with E-state index in [0.29, 0.717) is 0 Å². The van der Waals surface area contributed by atoms with E-state index in [2.05, 4.69) is 42.6 Å². The van der Waals surface area contributed by atoms with Crippen molar-refractivity contribution in [3.63, 3.8) is 0 Å². The first-order chi connectivity index (χ1) is 7.48. The standard InChI is InChI=1S/C13H28ClISi/c1-4-5-6-7-8-9-10-11-12-13(15)16(2,3)14/h13H,4-12H2,1-3H3. The SMILES string of the molecule is CCCCCCCCCCC(I)[Si](C)(C)Cl. The van der Waals surface area contributed by atoms with Gasteiger partial charge >= 0.3 is 0 Å². The number of rotatable bonds is 10. The lowest BCUT2D eigenvalue weighted by Crippen LogP contribution is -2.30. The van der Waals surface area contributed by atoms with Crippen LogP contribution in [0.5, 0.6) is 0 Å². The molecule has 98 valence electrons. The van der Waals surface area contributed by atoms with Gasteiger partial charge in [0.1, 0.15) is 0 Å². The molecule has 0 aliphatic rings. The summed E-state index contributed by atoms with van der Waals surface area (Å²) in [6.45, 7) is 6.80. The van der Waals surface area contributed by atoms with Gasteiger partial charge in [0.2, 0.25) is 0 Å². The second-order valence-electron chi connectivity index (χ2n) is 5.30. The van der Waals surface area contributed by atoms with Gasteiger partial charge in [-0.2, -0.15) is 11.1 Å². The van der Waals surface area contributed by atoms with E-state index in [1.54, 1.807) is 0 Å². The molecule has 0 spiro atoms. The number of hydrogen-bond acceptors (Lipinski definition) is 0. The van der Waals surface area contributed by atoms with Gasteiger partial charge in [0, 0.05) is 3.55 Å². The smallest absolute Gasteiger partial charge is 0.163 e. The van der Waals surface area contributed by atoms with Crippen LogP contribution in [-0.2, 0) is 0 Å². The van der Waals surface area contributed by atoms with Gasteiger partial charge in [0.05, 0.1) is 0 Å². The van der Waals surface area contributed by atoms with E-state index in [9.17, 15) is 0 Å². The highest BCUT2D eigenvalue weighted by Crippen LogP contribution is 2.26. The topological polar surface area (TPSA) is 0 Å². The molecule has 0 rings (SSSR count). The molecule has 3 heteroatoms. The molecule has 0 radical (unpaired) electrons. The minimum Gasteiger partial charge on any atom is -0.166 e. The summed E-state index contributed by atoms with van der Waals surface area (Å²) in [6, 6.07) is 0. The molecule has 1 unspecified atom stereocenters. The van der Waals surface area contributed by atoms with Crippen molar-refractivity contribution in [1.82, 2.24) is 0 Å². The van der Waals surface area contributed by atoms with Crippen molar-refractivity contribution in [2.45, 2.75) is 81.4 Å². The summed E-state index contributed by atoms with van der Waals surface area (Å²) in [6.07, 6.45) is 12.6. The lowest BCUT2D eigenvalue weighted by Gasteiger charge is -2.20. The zero-order valence-corrected chi connectivity index (χ0v) is 15.1. The Kier molecular flexibility index (Phi) is 11.0. The molecule has 0 aliphatic heterocycles. The normalized spacial score (nSPS) is 14.1. The Morgan fingerprint density at radius 3 is 1.81 bits per heavy atom. The van der Waals surface area contributed by atoms with E-state index in [4.69, 9.17) is 11.1 Å². The average molecular weight is 375 g/mol. The van der Waals surface area contributed by atoms with E-state index in [-0.39, 0.29) is 0 Å². The Balaban J connectivity index is 3.21. The molecule has 0 bridgehead atoms. The predicted molar refractivity (Wildman–Crippen MR) is 88.4 cm³/mol. The second-order valence-corrected chi connectivity index (χ2v) is 14.7. The van der Waals surface area contributed by atoms with Gasteiger partial charge in [-0.15, -0.1) is 0 Å². The number of hydrogen-bond donors (Lipinski definition) is 0. The van der Waals surface area contributed by atoms with Crippen molar-refractivity contribution in [3.05, 3.63) is 0 Å². The zero-order chi connectivity index (χ0) is 12.4. The highest BCUT2D eigenvalue weighted by molar-refractivity contribution is 14.1. The Hall–Kier alpha value is 1.24. The summed E-state index contributed by atoms with van der Waals surface area (Å²) < 4.78 is 0.742. The molecule has 0 saturated carbocycles. The number of unbranched alkanes of at least 4 members (excludes halogenated alkanes) is 7. The van der Waals surface area contributed by atoms with Crippen molar-refractivity contribution in [2.24, 2.45) is 0 Å². The van der Waals surface area contributed by atoms with Crippen LogP contribution in [0, 0.1) is 0 Å². The first-order valence-electron chi connectivity index (χ1n) is 6.81. The van der Waals surface area contributed by atoms with E-state index in [0.717, 1.165) is 3.55 Å². The summed E-state index contributed by atoms with van der Waals surface area (Å²) in [4.78, 5) is 0. The lowest BCUT2D eigenvalue weighted by atomic mass is 10.1. The van der Waals surface area contributed by atoms with Gasteiger partial charge in [0.15, 0.2) is 7.38 Å². The van der Waals surface area contributed by atoms with Crippen molar-refractivity contribution < 1.29 is 0 Å². The molecule has 0 N–H and O–H groups in total. The maximum Gasteiger partial charge on any atom is 0.163 e. The number of halogens is 2. The third kappa shape index (κ3) is 10.4. The summed E-state index contributed by atoms with van der Waals surface area (Å²) in [5.74, 6) is 0. The molecule has 1 atom stereocenters. The van der Waals surface area contributed by atoms with Crippen LogP contribution < -0.4 is 0 Å². The first kappa shape index (κ1) is 17.2. The van der Waals surface area contributed by atoms with E-state index in [1.807, 2.05) is 0 Å². The molecule has 16 heavy (non-hydrogen) atoms. The molecule has 0 nitrogen and oxygen atoms in total. The third-order valence-corrected chi connectivity index (χ3v) is 12.0. The van der Waals surface area contributed by atoms with Crippen molar-refractivity contribution in [2.75, 3.05) is 0 Å². The fraction of sp³-hybridized carbons (Fsp3) is 1.00. The quantitative estimate of drug-likeness (QED) is 0.138. The summed E-state index contributed by atoms with van der Waals surface area (Å²) in [5, 5.41) is 0. The summed E-state index contributed by atoms with van der Waals surface area (Å²) >= 11 is 8.97. The van der Waals surface area contributed by atoms with Gasteiger partial charge < -0.3 is 0 Å². The monoisotopic (exact) mass is 374 g/mol. The molecule has 0 saturated heterocycles.